The number of allylic oxidation sites excluding steroid dienone is 3. The van der Waals surface area contributed by atoms with Gasteiger partial charge in [-0.3, -0.25) is 0 Å². The Kier molecular flexibility index (Phi) is 9.04. The number of aliphatic carboxylic acids is 1. The Balaban J connectivity index is 0. The van der Waals surface area contributed by atoms with E-state index in [1.807, 2.05) is 6.92 Å². The highest BCUT2D eigenvalue weighted by Crippen LogP contribution is 1.74. The summed E-state index contributed by atoms with van der Waals surface area (Å²) in [6.07, 6.45) is 5.98. The summed E-state index contributed by atoms with van der Waals surface area (Å²) >= 11 is 0. The highest BCUT2D eigenvalue weighted by atomic mass is 32.1. The average molecular weight is 146 g/mol. The van der Waals surface area contributed by atoms with Crippen LogP contribution in [0.15, 0.2) is 24.3 Å². The molecule has 0 bridgehead atoms. The van der Waals surface area contributed by atoms with Crippen molar-refractivity contribution >= 4 is 19.5 Å². The zero-order valence-corrected chi connectivity index (χ0v) is 6.16. The van der Waals surface area contributed by atoms with Crippen LogP contribution in [0.2, 0.25) is 0 Å². The van der Waals surface area contributed by atoms with Crippen molar-refractivity contribution in [1.29, 1.82) is 0 Å². The van der Waals surface area contributed by atoms with E-state index in [1.165, 1.54) is 6.08 Å². The van der Waals surface area contributed by atoms with Crippen LogP contribution in [0, 0.1) is 0 Å². The van der Waals surface area contributed by atoms with Gasteiger partial charge in [-0.2, -0.15) is 13.5 Å². The van der Waals surface area contributed by atoms with E-state index in [1.54, 1.807) is 12.2 Å². The monoisotopic (exact) mass is 146 g/mol. The average Bonchev–Trinajstić information content (AvgIpc) is 1.66. The van der Waals surface area contributed by atoms with E-state index in [2.05, 4.69) is 0 Å². The third-order valence-corrected chi connectivity index (χ3v) is 0.542. The van der Waals surface area contributed by atoms with Crippen molar-refractivity contribution < 1.29 is 9.90 Å². The summed E-state index contributed by atoms with van der Waals surface area (Å²) in [5, 5.41) is 8.02. The van der Waals surface area contributed by atoms with E-state index in [-0.39, 0.29) is 13.5 Å². The summed E-state index contributed by atoms with van der Waals surface area (Å²) < 4.78 is 0. The van der Waals surface area contributed by atoms with Gasteiger partial charge < -0.3 is 5.11 Å². The molecule has 0 saturated heterocycles. The van der Waals surface area contributed by atoms with Gasteiger partial charge in [0.15, 0.2) is 0 Å². The number of rotatable bonds is 2. The van der Waals surface area contributed by atoms with E-state index in [9.17, 15) is 4.79 Å². The maximum atomic E-state index is 9.75. The van der Waals surface area contributed by atoms with Crippen LogP contribution in [-0.2, 0) is 4.79 Å². The van der Waals surface area contributed by atoms with Crippen molar-refractivity contribution in [3.63, 3.8) is 0 Å². The quantitative estimate of drug-likeness (QED) is 0.471. The Morgan fingerprint density at radius 1 is 1.44 bits per heavy atom. The normalized spacial score (nSPS) is 9.89. The minimum atomic E-state index is -0.914. The number of hydrogen-bond acceptors (Lipinski definition) is 1. The maximum Gasteiger partial charge on any atom is 0.328 e. The Hall–Kier alpha value is -0.700. The molecular formula is C6H10O2S. The fourth-order valence-electron chi connectivity index (χ4n) is 0.249. The molecule has 0 atom stereocenters. The Labute approximate surface area is 61.3 Å². The minimum absolute atomic E-state index is 0. The van der Waals surface area contributed by atoms with Crippen LogP contribution >= 0.6 is 13.5 Å². The number of carbonyl (C=O) groups is 1. The topological polar surface area (TPSA) is 37.3 Å². The molecule has 0 amide bonds. The summed E-state index contributed by atoms with van der Waals surface area (Å²) in [7, 11) is 0. The Morgan fingerprint density at radius 2 is 2.00 bits per heavy atom. The number of hydrogen-bond donors (Lipinski definition) is 1. The summed E-state index contributed by atoms with van der Waals surface area (Å²) in [4.78, 5) is 9.75. The van der Waals surface area contributed by atoms with Gasteiger partial charge in [-0.1, -0.05) is 18.2 Å². The number of carboxylic acid groups (broad SMARTS) is 1. The van der Waals surface area contributed by atoms with Crippen molar-refractivity contribution in [3.05, 3.63) is 24.3 Å². The lowest BCUT2D eigenvalue weighted by atomic mass is 10.4. The largest absolute Gasteiger partial charge is 0.478 e. The summed E-state index contributed by atoms with van der Waals surface area (Å²) in [6, 6.07) is 0. The van der Waals surface area contributed by atoms with Gasteiger partial charge in [0.25, 0.3) is 0 Å². The van der Waals surface area contributed by atoms with Crippen LogP contribution in [0.25, 0.3) is 0 Å². The van der Waals surface area contributed by atoms with E-state index < -0.39 is 5.97 Å². The predicted molar refractivity (Wildman–Crippen MR) is 42.0 cm³/mol. The van der Waals surface area contributed by atoms with Crippen molar-refractivity contribution in [2.45, 2.75) is 6.92 Å². The lowest BCUT2D eigenvalue weighted by Gasteiger charge is -1.72. The summed E-state index contributed by atoms with van der Waals surface area (Å²) in [5.74, 6) is -0.914. The zero-order chi connectivity index (χ0) is 6.41. The molecule has 52 valence electrons. The fraction of sp³-hybridized carbons (Fsp3) is 0.167. The maximum absolute atomic E-state index is 9.75. The minimum Gasteiger partial charge on any atom is -0.478 e. The van der Waals surface area contributed by atoms with Gasteiger partial charge in [0, 0.05) is 6.08 Å². The van der Waals surface area contributed by atoms with Crippen molar-refractivity contribution in [2.24, 2.45) is 0 Å². The second-order valence-corrected chi connectivity index (χ2v) is 1.22. The third-order valence-electron chi connectivity index (χ3n) is 0.542. The molecule has 0 aliphatic carbocycles. The summed E-state index contributed by atoms with van der Waals surface area (Å²) in [6.45, 7) is 1.83. The molecule has 0 rings (SSSR count). The molecule has 0 saturated carbocycles. The van der Waals surface area contributed by atoms with E-state index in [4.69, 9.17) is 5.11 Å². The molecule has 0 spiro atoms. The molecule has 0 aromatic heterocycles. The van der Waals surface area contributed by atoms with Crippen molar-refractivity contribution in [3.8, 4) is 0 Å². The molecule has 0 fully saturated rings. The Bertz CT molecular complexity index is 127. The molecule has 0 radical (unpaired) electrons. The van der Waals surface area contributed by atoms with Gasteiger partial charge in [0.1, 0.15) is 0 Å². The molecule has 0 aromatic rings. The summed E-state index contributed by atoms with van der Waals surface area (Å²) in [5.41, 5.74) is 0. The van der Waals surface area contributed by atoms with Crippen LogP contribution in [0.5, 0.6) is 0 Å². The molecule has 0 aromatic carbocycles. The van der Waals surface area contributed by atoms with Crippen LogP contribution in [0.4, 0.5) is 0 Å². The first-order chi connectivity index (χ1) is 3.77. The first kappa shape index (κ1) is 11.1. The Morgan fingerprint density at radius 3 is 2.33 bits per heavy atom. The highest BCUT2D eigenvalue weighted by molar-refractivity contribution is 7.59. The predicted octanol–water partition coefficient (Wildman–Crippen LogP) is 1.32. The first-order valence-corrected chi connectivity index (χ1v) is 2.29. The zero-order valence-electron chi connectivity index (χ0n) is 5.16. The van der Waals surface area contributed by atoms with Gasteiger partial charge in [0.2, 0.25) is 0 Å². The van der Waals surface area contributed by atoms with E-state index in [0.717, 1.165) is 6.08 Å². The highest BCUT2D eigenvalue weighted by Gasteiger charge is 1.78. The third kappa shape index (κ3) is 11.1. The second kappa shape index (κ2) is 7.30. The van der Waals surface area contributed by atoms with Gasteiger partial charge in [-0.25, -0.2) is 4.79 Å². The molecule has 1 N–H and O–H groups in total. The second-order valence-electron chi connectivity index (χ2n) is 1.22. The van der Waals surface area contributed by atoms with Crippen molar-refractivity contribution in [2.75, 3.05) is 0 Å². The molecule has 9 heavy (non-hydrogen) atoms. The van der Waals surface area contributed by atoms with Crippen LogP contribution in [0.3, 0.4) is 0 Å². The number of carboxylic acids is 1. The van der Waals surface area contributed by atoms with E-state index in [0.29, 0.717) is 0 Å². The molecular weight excluding hydrogens is 136 g/mol. The van der Waals surface area contributed by atoms with Crippen LogP contribution in [0.1, 0.15) is 6.92 Å². The molecule has 3 heteroatoms. The first-order valence-electron chi connectivity index (χ1n) is 2.29. The smallest absolute Gasteiger partial charge is 0.328 e. The standard InChI is InChI=1S/C6H8O2.H2S/c1-2-3-4-5-6(7)8;/h2-5H,1H3,(H,7,8);1H2/b3-2+,5-4+;. The van der Waals surface area contributed by atoms with Gasteiger partial charge in [-0.15, -0.1) is 0 Å². The SMILES string of the molecule is C/C=C/C=C/C(=O)O.S. The molecule has 0 unspecified atom stereocenters. The van der Waals surface area contributed by atoms with Gasteiger partial charge in [0.05, 0.1) is 0 Å². The van der Waals surface area contributed by atoms with Crippen molar-refractivity contribution in [1.82, 2.24) is 0 Å². The lowest BCUT2D eigenvalue weighted by Crippen LogP contribution is -1.83. The lowest BCUT2D eigenvalue weighted by molar-refractivity contribution is -0.131. The molecule has 0 heterocycles. The fourth-order valence-corrected chi connectivity index (χ4v) is 0.249. The van der Waals surface area contributed by atoms with E-state index >= 15 is 0 Å². The van der Waals surface area contributed by atoms with Crippen LogP contribution in [-0.4, -0.2) is 11.1 Å². The van der Waals surface area contributed by atoms with Gasteiger partial charge >= 0.3 is 5.97 Å². The molecule has 2 nitrogen and oxygen atoms in total. The van der Waals surface area contributed by atoms with Gasteiger partial charge in [-0.05, 0) is 6.92 Å². The molecule has 0 aliphatic rings. The van der Waals surface area contributed by atoms with Crippen LogP contribution < -0.4 is 0 Å². The molecule has 0 aliphatic heterocycles.